The van der Waals surface area contributed by atoms with Gasteiger partial charge in [-0.05, 0) is 0 Å². The van der Waals surface area contributed by atoms with Gasteiger partial charge in [-0.2, -0.15) is 8.78 Å². The third-order valence-corrected chi connectivity index (χ3v) is 1.16. The lowest BCUT2D eigenvalue weighted by Crippen LogP contribution is -2.41. The van der Waals surface area contributed by atoms with Gasteiger partial charge in [0.15, 0.2) is 0 Å². The van der Waals surface area contributed by atoms with Crippen LogP contribution in [0.15, 0.2) is 0 Å². The summed E-state index contributed by atoms with van der Waals surface area (Å²) in [4.78, 5) is 10.4. The van der Waals surface area contributed by atoms with Gasteiger partial charge in [-0.15, -0.1) is 0 Å². The zero-order valence-electron chi connectivity index (χ0n) is 6.41. The lowest BCUT2D eigenvalue weighted by molar-refractivity contribution is -0.136. The van der Waals surface area contributed by atoms with E-state index in [0.29, 0.717) is 0 Å². The second-order valence-corrected chi connectivity index (χ2v) is 2.19. The van der Waals surface area contributed by atoms with Crippen molar-refractivity contribution in [3.05, 3.63) is 0 Å². The molecule has 12 heavy (non-hydrogen) atoms. The Hall–Kier alpha value is -0.810. The topological polar surface area (TPSA) is 29.1 Å². The van der Waals surface area contributed by atoms with Gasteiger partial charge in [0.05, 0.1) is 6.54 Å². The van der Waals surface area contributed by atoms with Gasteiger partial charge in [0, 0.05) is 6.42 Å². The van der Waals surface area contributed by atoms with Crippen LogP contribution >= 0.6 is 0 Å². The molecule has 0 bridgehead atoms. The van der Waals surface area contributed by atoms with Crippen LogP contribution in [0.3, 0.4) is 0 Å². The first-order valence-corrected chi connectivity index (χ1v) is 3.32. The van der Waals surface area contributed by atoms with Crippen molar-refractivity contribution in [2.24, 2.45) is 0 Å². The summed E-state index contributed by atoms with van der Waals surface area (Å²) in [6, 6.07) is 0. The van der Waals surface area contributed by atoms with Crippen LogP contribution in [0.25, 0.3) is 0 Å². The van der Waals surface area contributed by atoms with Crippen molar-refractivity contribution in [1.29, 1.82) is 0 Å². The number of rotatable bonds is 4. The number of alkyl halides is 4. The lowest BCUT2D eigenvalue weighted by atomic mass is 10.3. The molecule has 0 heterocycles. The Balaban J connectivity index is 3.83. The fourth-order valence-electron chi connectivity index (χ4n) is 0.419. The summed E-state index contributed by atoms with van der Waals surface area (Å²) >= 11 is 0. The van der Waals surface area contributed by atoms with Crippen molar-refractivity contribution in [1.82, 2.24) is 5.32 Å². The van der Waals surface area contributed by atoms with Gasteiger partial charge >= 0.3 is 12.3 Å². The van der Waals surface area contributed by atoms with Crippen molar-refractivity contribution in [3.63, 3.8) is 0 Å². The van der Waals surface area contributed by atoms with Crippen LogP contribution in [0.2, 0.25) is 0 Å². The molecule has 6 heteroatoms. The molecular formula is C6H9F4NO. The van der Waals surface area contributed by atoms with E-state index in [1.807, 2.05) is 0 Å². The van der Waals surface area contributed by atoms with Crippen LogP contribution < -0.4 is 5.32 Å². The van der Waals surface area contributed by atoms with E-state index in [0.717, 1.165) is 0 Å². The van der Waals surface area contributed by atoms with Gasteiger partial charge in [0.1, 0.15) is 0 Å². The molecule has 0 unspecified atom stereocenters. The van der Waals surface area contributed by atoms with Crippen LogP contribution in [0, 0.1) is 0 Å². The molecule has 0 rings (SSSR count). The molecule has 0 atom stereocenters. The zero-order valence-corrected chi connectivity index (χ0v) is 6.41. The van der Waals surface area contributed by atoms with Gasteiger partial charge in [-0.1, -0.05) is 6.92 Å². The van der Waals surface area contributed by atoms with Crippen LogP contribution in [0.4, 0.5) is 17.6 Å². The summed E-state index contributed by atoms with van der Waals surface area (Å²) in [7, 11) is 0. The Morgan fingerprint density at radius 1 is 1.50 bits per heavy atom. The summed E-state index contributed by atoms with van der Waals surface area (Å²) in [6.07, 6.45) is -3.74. The Kier molecular flexibility index (Phi) is 3.99. The standard InChI is InChI=1S/C6H9F4NO/c1-2-4(12)11-3-6(9,10)5(7)8/h5H,2-3H2,1H3,(H,11,12). The van der Waals surface area contributed by atoms with Crippen molar-refractivity contribution in [3.8, 4) is 0 Å². The highest BCUT2D eigenvalue weighted by molar-refractivity contribution is 5.75. The van der Waals surface area contributed by atoms with E-state index in [2.05, 4.69) is 0 Å². The van der Waals surface area contributed by atoms with Gasteiger partial charge < -0.3 is 5.32 Å². The predicted octanol–water partition coefficient (Wildman–Crippen LogP) is 1.41. The second-order valence-electron chi connectivity index (χ2n) is 2.19. The maximum absolute atomic E-state index is 12.1. The number of halogens is 4. The molecule has 0 radical (unpaired) electrons. The molecule has 0 aliphatic rings. The van der Waals surface area contributed by atoms with Crippen molar-refractivity contribution >= 4 is 5.91 Å². The normalized spacial score (nSPS) is 11.8. The van der Waals surface area contributed by atoms with Crippen molar-refractivity contribution < 1.29 is 22.4 Å². The van der Waals surface area contributed by atoms with E-state index in [9.17, 15) is 22.4 Å². The van der Waals surface area contributed by atoms with Gasteiger partial charge in [0.25, 0.3) is 0 Å². The highest BCUT2D eigenvalue weighted by Gasteiger charge is 2.40. The Labute approximate surface area is 66.9 Å². The van der Waals surface area contributed by atoms with E-state index in [1.165, 1.54) is 6.92 Å². The van der Waals surface area contributed by atoms with E-state index in [-0.39, 0.29) is 6.42 Å². The molecule has 0 aromatic carbocycles. The summed E-state index contributed by atoms with van der Waals surface area (Å²) in [5, 5.41) is 1.68. The van der Waals surface area contributed by atoms with Crippen LogP contribution in [-0.4, -0.2) is 24.8 Å². The average molecular weight is 187 g/mol. The highest BCUT2D eigenvalue weighted by Crippen LogP contribution is 2.21. The molecule has 0 saturated carbocycles. The van der Waals surface area contributed by atoms with Crippen LogP contribution in [0.5, 0.6) is 0 Å². The van der Waals surface area contributed by atoms with E-state index >= 15 is 0 Å². The predicted molar refractivity (Wildman–Crippen MR) is 34.3 cm³/mol. The SMILES string of the molecule is CCC(=O)NCC(F)(F)C(F)F. The maximum Gasteiger partial charge on any atom is 0.324 e. The largest absolute Gasteiger partial charge is 0.350 e. The summed E-state index contributed by atoms with van der Waals surface area (Å²) in [5.74, 6) is -4.81. The quantitative estimate of drug-likeness (QED) is 0.662. The molecule has 0 spiro atoms. The Bertz CT molecular complexity index is 160. The maximum atomic E-state index is 12.1. The van der Waals surface area contributed by atoms with Crippen molar-refractivity contribution in [2.75, 3.05) is 6.54 Å². The third kappa shape index (κ3) is 3.54. The molecule has 2 nitrogen and oxygen atoms in total. The molecule has 0 aliphatic heterocycles. The van der Waals surface area contributed by atoms with Gasteiger partial charge in [0.2, 0.25) is 5.91 Å². The van der Waals surface area contributed by atoms with Gasteiger partial charge in [-0.25, -0.2) is 8.78 Å². The molecule has 0 aromatic heterocycles. The zero-order chi connectivity index (χ0) is 9.78. The second kappa shape index (κ2) is 4.27. The molecule has 0 fully saturated rings. The smallest absolute Gasteiger partial charge is 0.324 e. The van der Waals surface area contributed by atoms with E-state index in [4.69, 9.17) is 0 Å². The first-order chi connectivity index (χ1) is 5.40. The highest BCUT2D eigenvalue weighted by atomic mass is 19.3. The lowest BCUT2D eigenvalue weighted by Gasteiger charge is -2.15. The average Bonchev–Trinajstić information content (AvgIpc) is 2.00. The van der Waals surface area contributed by atoms with Crippen LogP contribution in [0.1, 0.15) is 13.3 Å². The fourth-order valence-corrected chi connectivity index (χ4v) is 0.419. The van der Waals surface area contributed by atoms with Gasteiger partial charge in [-0.3, -0.25) is 4.79 Å². The molecule has 1 amide bonds. The molecule has 0 aromatic rings. The number of nitrogens with one attached hydrogen (secondary N) is 1. The first kappa shape index (κ1) is 11.2. The van der Waals surface area contributed by atoms with E-state index < -0.39 is 24.8 Å². The minimum absolute atomic E-state index is 0.000676. The number of carbonyl (C=O) groups is 1. The molecule has 72 valence electrons. The number of hydrogen-bond acceptors (Lipinski definition) is 1. The summed E-state index contributed by atoms with van der Waals surface area (Å²) in [5.41, 5.74) is 0. The third-order valence-electron chi connectivity index (χ3n) is 1.16. The molecule has 0 saturated heterocycles. The van der Waals surface area contributed by atoms with E-state index in [1.54, 1.807) is 5.32 Å². The van der Waals surface area contributed by atoms with Crippen LogP contribution in [-0.2, 0) is 4.79 Å². The Morgan fingerprint density at radius 2 is 2.00 bits per heavy atom. The minimum atomic E-state index is -4.13. The Morgan fingerprint density at radius 3 is 2.33 bits per heavy atom. The molecular weight excluding hydrogens is 178 g/mol. The van der Waals surface area contributed by atoms with Crippen molar-refractivity contribution in [2.45, 2.75) is 25.7 Å². The molecule has 1 N–H and O–H groups in total. The number of carbonyl (C=O) groups excluding carboxylic acids is 1. The monoisotopic (exact) mass is 187 g/mol. The number of hydrogen-bond donors (Lipinski definition) is 1. The summed E-state index contributed by atoms with van der Waals surface area (Å²) < 4.78 is 47.1. The fraction of sp³-hybridized carbons (Fsp3) is 0.833. The molecule has 0 aliphatic carbocycles. The minimum Gasteiger partial charge on any atom is -0.350 e. The summed E-state index contributed by atoms with van der Waals surface area (Å²) in [6.45, 7) is 0.132. The number of amides is 1. The first-order valence-electron chi connectivity index (χ1n) is 3.32.